The summed E-state index contributed by atoms with van der Waals surface area (Å²) in [6.07, 6.45) is 1.60. The van der Waals surface area contributed by atoms with Crippen molar-refractivity contribution in [1.29, 1.82) is 0 Å². The molecule has 0 radical (unpaired) electrons. The van der Waals surface area contributed by atoms with Crippen LogP contribution >= 0.6 is 0 Å². The number of nitrogens with one attached hydrogen (secondary N) is 2. The number of nitrogens with zero attached hydrogens (tertiary/aromatic N) is 2. The van der Waals surface area contributed by atoms with Gasteiger partial charge in [-0.05, 0) is 35.9 Å². The van der Waals surface area contributed by atoms with E-state index in [4.69, 9.17) is 9.47 Å². The summed E-state index contributed by atoms with van der Waals surface area (Å²) in [6, 6.07) is 14.0. The zero-order valence-corrected chi connectivity index (χ0v) is 14.2. The predicted molar refractivity (Wildman–Crippen MR) is 98.6 cm³/mol. The highest BCUT2D eigenvalue weighted by Gasteiger charge is 2.13. The first-order valence-electron chi connectivity index (χ1n) is 8.24. The van der Waals surface area contributed by atoms with E-state index in [9.17, 15) is 9.90 Å². The molecule has 1 aromatic heterocycles. The van der Waals surface area contributed by atoms with Crippen LogP contribution in [0, 0.1) is 0 Å². The fraction of sp³-hybridized carbons (Fsp3) is 0.105. The van der Waals surface area contributed by atoms with Crippen LogP contribution in [-0.4, -0.2) is 27.8 Å². The van der Waals surface area contributed by atoms with Gasteiger partial charge in [-0.3, -0.25) is 0 Å². The maximum atomic E-state index is 11.3. The molecule has 8 heteroatoms. The number of carboxylic acids is 1. The summed E-state index contributed by atoms with van der Waals surface area (Å²) in [7, 11) is 0. The van der Waals surface area contributed by atoms with Crippen LogP contribution in [0.5, 0.6) is 11.5 Å². The molecule has 1 aliphatic rings. The molecule has 1 aliphatic heterocycles. The highest BCUT2D eigenvalue weighted by atomic mass is 16.7. The van der Waals surface area contributed by atoms with Crippen LogP contribution < -0.4 is 20.1 Å². The molecule has 0 spiro atoms. The predicted octanol–water partition coefficient (Wildman–Crippen LogP) is 3.26. The average Bonchev–Trinajstić information content (AvgIpc) is 3.15. The second-order valence-corrected chi connectivity index (χ2v) is 5.78. The van der Waals surface area contributed by atoms with E-state index >= 15 is 0 Å². The molecule has 3 N–H and O–H groups in total. The third-order valence-electron chi connectivity index (χ3n) is 3.96. The normalized spacial score (nSPS) is 11.9. The van der Waals surface area contributed by atoms with E-state index in [0.29, 0.717) is 24.0 Å². The summed E-state index contributed by atoms with van der Waals surface area (Å²) >= 11 is 0. The van der Waals surface area contributed by atoms with Gasteiger partial charge in [-0.25, -0.2) is 9.78 Å². The van der Waals surface area contributed by atoms with Gasteiger partial charge in [0, 0.05) is 12.7 Å². The third-order valence-corrected chi connectivity index (χ3v) is 3.96. The first kappa shape index (κ1) is 16.6. The molecule has 4 rings (SSSR count). The standard InChI is InChI=1S/C19H16N4O4/c24-18(25)13-3-1-2-4-14(13)22-17-7-8-20-19(23-17)21-10-12-5-6-15-16(9-12)27-11-26-15/h1-9H,10-11H2,(H,24,25)(H2,20,21,22,23). The van der Waals surface area contributed by atoms with Crippen LogP contribution in [0.25, 0.3) is 0 Å². The Morgan fingerprint density at radius 1 is 1.11 bits per heavy atom. The van der Waals surface area contributed by atoms with Gasteiger partial charge < -0.3 is 25.2 Å². The van der Waals surface area contributed by atoms with Crippen molar-refractivity contribution in [2.24, 2.45) is 0 Å². The topological polar surface area (TPSA) is 106 Å². The van der Waals surface area contributed by atoms with E-state index in [0.717, 1.165) is 17.1 Å². The zero-order valence-electron chi connectivity index (χ0n) is 14.2. The lowest BCUT2D eigenvalue weighted by Gasteiger charge is -2.10. The Balaban J connectivity index is 1.46. The van der Waals surface area contributed by atoms with Crippen molar-refractivity contribution in [1.82, 2.24) is 9.97 Å². The average molecular weight is 364 g/mol. The zero-order chi connectivity index (χ0) is 18.6. The van der Waals surface area contributed by atoms with Gasteiger partial charge in [-0.2, -0.15) is 4.98 Å². The third kappa shape index (κ3) is 3.74. The second kappa shape index (κ2) is 7.20. The van der Waals surface area contributed by atoms with Gasteiger partial charge in [0.05, 0.1) is 11.3 Å². The number of hydrogen-bond acceptors (Lipinski definition) is 7. The number of para-hydroxylation sites is 1. The van der Waals surface area contributed by atoms with Gasteiger partial charge in [0.15, 0.2) is 11.5 Å². The van der Waals surface area contributed by atoms with Gasteiger partial charge in [0.1, 0.15) is 5.82 Å². The number of rotatable bonds is 6. The largest absolute Gasteiger partial charge is 0.478 e. The number of aromatic nitrogens is 2. The van der Waals surface area contributed by atoms with Gasteiger partial charge in [0.2, 0.25) is 12.7 Å². The quantitative estimate of drug-likeness (QED) is 0.612. The second-order valence-electron chi connectivity index (χ2n) is 5.78. The fourth-order valence-electron chi connectivity index (χ4n) is 2.66. The maximum absolute atomic E-state index is 11.3. The number of carboxylic acid groups (broad SMARTS) is 1. The smallest absolute Gasteiger partial charge is 0.337 e. The summed E-state index contributed by atoms with van der Waals surface area (Å²) in [4.78, 5) is 19.9. The number of benzene rings is 2. The Labute approximate surface area is 154 Å². The highest BCUT2D eigenvalue weighted by molar-refractivity contribution is 5.94. The minimum absolute atomic E-state index is 0.172. The molecule has 0 unspecified atom stereocenters. The van der Waals surface area contributed by atoms with Crippen molar-refractivity contribution in [2.45, 2.75) is 6.54 Å². The minimum Gasteiger partial charge on any atom is -0.478 e. The summed E-state index contributed by atoms with van der Waals surface area (Å²) in [5.41, 5.74) is 1.63. The Kier molecular flexibility index (Phi) is 4.44. The van der Waals surface area contributed by atoms with Crippen molar-refractivity contribution >= 4 is 23.4 Å². The molecule has 0 saturated carbocycles. The summed E-state index contributed by atoms with van der Waals surface area (Å²) in [5, 5.41) is 15.4. The van der Waals surface area contributed by atoms with Crippen LogP contribution in [0.4, 0.5) is 17.5 Å². The number of hydrogen-bond donors (Lipinski definition) is 3. The lowest BCUT2D eigenvalue weighted by molar-refractivity contribution is 0.0698. The van der Waals surface area contributed by atoms with Crippen LogP contribution in [0.2, 0.25) is 0 Å². The first-order valence-corrected chi connectivity index (χ1v) is 8.24. The first-order chi connectivity index (χ1) is 13.2. The molecule has 0 aliphatic carbocycles. The Morgan fingerprint density at radius 2 is 1.96 bits per heavy atom. The van der Waals surface area contributed by atoms with Gasteiger partial charge in [-0.1, -0.05) is 18.2 Å². The van der Waals surface area contributed by atoms with Gasteiger partial charge >= 0.3 is 5.97 Å². The van der Waals surface area contributed by atoms with E-state index in [2.05, 4.69) is 20.6 Å². The lowest BCUT2D eigenvalue weighted by atomic mass is 10.2. The SMILES string of the molecule is O=C(O)c1ccccc1Nc1ccnc(NCc2ccc3c(c2)OCO3)n1. The van der Waals surface area contributed by atoms with Crippen LogP contribution in [0.1, 0.15) is 15.9 Å². The number of fused-ring (bicyclic) bond motifs is 1. The summed E-state index contributed by atoms with van der Waals surface area (Å²) < 4.78 is 10.7. The lowest BCUT2D eigenvalue weighted by Crippen LogP contribution is -2.06. The molecule has 2 aromatic carbocycles. The van der Waals surface area contributed by atoms with E-state index in [1.54, 1.807) is 30.5 Å². The molecular formula is C19H16N4O4. The van der Waals surface area contributed by atoms with Crippen LogP contribution in [-0.2, 0) is 6.54 Å². The molecule has 8 nitrogen and oxygen atoms in total. The molecule has 0 amide bonds. The van der Waals surface area contributed by atoms with Gasteiger partial charge in [-0.15, -0.1) is 0 Å². The Morgan fingerprint density at radius 3 is 2.85 bits per heavy atom. The molecule has 0 fully saturated rings. The van der Waals surface area contributed by atoms with E-state index in [1.165, 1.54) is 6.07 Å². The number of carbonyl (C=O) groups is 1. The number of anilines is 3. The van der Waals surface area contributed by atoms with E-state index in [-0.39, 0.29) is 12.4 Å². The van der Waals surface area contributed by atoms with E-state index < -0.39 is 5.97 Å². The fourth-order valence-corrected chi connectivity index (χ4v) is 2.66. The summed E-state index contributed by atoms with van der Waals surface area (Å²) in [5.74, 6) is 1.36. The van der Waals surface area contributed by atoms with Crippen molar-refractivity contribution in [2.75, 3.05) is 17.4 Å². The molecule has 3 aromatic rings. The molecule has 0 bridgehead atoms. The van der Waals surface area contributed by atoms with E-state index in [1.807, 2.05) is 18.2 Å². The Bertz CT molecular complexity index is 993. The maximum Gasteiger partial charge on any atom is 0.337 e. The minimum atomic E-state index is -1.01. The van der Waals surface area contributed by atoms with Gasteiger partial charge in [0.25, 0.3) is 0 Å². The Hall–Kier alpha value is -3.81. The molecule has 2 heterocycles. The van der Waals surface area contributed by atoms with Crippen LogP contribution in [0.15, 0.2) is 54.7 Å². The monoisotopic (exact) mass is 364 g/mol. The molecule has 136 valence electrons. The van der Waals surface area contributed by atoms with Crippen molar-refractivity contribution in [3.63, 3.8) is 0 Å². The number of aromatic carboxylic acids is 1. The van der Waals surface area contributed by atoms with Crippen molar-refractivity contribution < 1.29 is 19.4 Å². The number of ether oxygens (including phenoxy) is 2. The van der Waals surface area contributed by atoms with Crippen molar-refractivity contribution in [3.05, 3.63) is 65.9 Å². The molecule has 0 atom stereocenters. The molecular weight excluding hydrogens is 348 g/mol. The molecule has 27 heavy (non-hydrogen) atoms. The molecule has 0 saturated heterocycles. The summed E-state index contributed by atoms with van der Waals surface area (Å²) in [6.45, 7) is 0.743. The van der Waals surface area contributed by atoms with Crippen molar-refractivity contribution in [3.8, 4) is 11.5 Å². The van der Waals surface area contributed by atoms with Crippen LogP contribution in [0.3, 0.4) is 0 Å². The highest BCUT2D eigenvalue weighted by Crippen LogP contribution is 2.32.